The van der Waals surface area contributed by atoms with Crippen LogP contribution in [0, 0.1) is 0 Å². The molecule has 0 amide bonds. The molecule has 1 aromatic heterocycles. The van der Waals surface area contributed by atoms with Crippen LogP contribution in [0.4, 0.5) is 0 Å². The second-order valence-electron chi connectivity index (χ2n) is 4.77. The van der Waals surface area contributed by atoms with Crippen LogP contribution in [0.25, 0.3) is 0 Å². The Labute approximate surface area is 127 Å². The van der Waals surface area contributed by atoms with Gasteiger partial charge in [0.15, 0.2) is 0 Å². The zero-order valence-corrected chi connectivity index (χ0v) is 13.9. The van der Waals surface area contributed by atoms with Crippen LogP contribution in [0.15, 0.2) is 15.9 Å². The van der Waals surface area contributed by atoms with E-state index in [1.807, 2.05) is 11.4 Å². The van der Waals surface area contributed by atoms with E-state index in [1.165, 1.54) is 12.8 Å². The summed E-state index contributed by atoms with van der Waals surface area (Å²) in [5, 5.41) is 5.33. The van der Waals surface area contributed by atoms with Crippen molar-refractivity contribution in [1.82, 2.24) is 10.0 Å². The Morgan fingerprint density at radius 3 is 2.79 bits per heavy atom. The second kappa shape index (κ2) is 7.17. The van der Waals surface area contributed by atoms with Gasteiger partial charge in [-0.3, -0.25) is 0 Å². The summed E-state index contributed by atoms with van der Waals surface area (Å²) in [4.78, 5) is 1.01. The second-order valence-corrected chi connectivity index (χ2v) is 8.55. The summed E-state index contributed by atoms with van der Waals surface area (Å²) < 4.78 is 27.2. The van der Waals surface area contributed by atoms with Crippen molar-refractivity contribution in [2.45, 2.75) is 38.3 Å². The first-order valence-corrected chi connectivity index (χ1v) is 9.82. The van der Waals surface area contributed by atoms with Gasteiger partial charge in [-0.15, -0.1) is 11.3 Å². The van der Waals surface area contributed by atoms with Crippen LogP contribution in [0.5, 0.6) is 0 Å². The third kappa shape index (κ3) is 5.91. The normalized spacial score (nSPS) is 15.8. The van der Waals surface area contributed by atoms with Crippen LogP contribution in [0.1, 0.15) is 30.6 Å². The van der Waals surface area contributed by atoms with Crippen molar-refractivity contribution >= 4 is 37.3 Å². The molecule has 0 aromatic carbocycles. The number of thiophene rings is 1. The molecule has 7 heteroatoms. The molecule has 0 radical (unpaired) electrons. The minimum Gasteiger partial charge on any atom is -0.314 e. The molecule has 1 aliphatic rings. The third-order valence-corrected chi connectivity index (χ3v) is 6.33. The Morgan fingerprint density at radius 2 is 2.16 bits per heavy atom. The van der Waals surface area contributed by atoms with E-state index in [9.17, 15) is 8.42 Å². The van der Waals surface area contributed by atoms with E-state index in [2.05, 4.69) is 26.0 Å². The number of hydrogen-bond acceptors (Lipinski definition) is 4. The fourth-order valence-corrected chi connectivity index (χ4v) is 4.33. The van der Waals surface area contributed by atoms with Crippen LogP contribution < -0.4 is 10.0 Å². The molecule has 1 saturated carbocycles. The highest BCUT2D eigenvalue weighted by molar-refractivity contribution is 9.10. The van der Waals surface area contributed by atoms with Crippen molar-refractivity contribution < 1.29 is 8.42 Å². The van der Waals surface area contributed by atoms with Crippen molar-refractivity contribution in [2.75, 3.05) is 12.3 Å². The maximum atomic E-state index is 11.8. The predicted molar refractivity (Wildman–Crippen MR) is 82.9 cm³/mol. The molecule has 0 spiro atoms. The molecule has 2 rings (SSSR count). The third-order valence-electron chi connectivity index (χ3n) is 2.99. The van der Waals surface area contributed by atoms with Gasteiger partial charge in [-0.05, 0) is 59.6 Å². The number of halogens is 1. The van der Waals surface area contributed by atoms with Gasteiger partial charge in [-0.1, -0.05) is 0 Å². The fraction of sp³-hybridized carbons (Fsp3) is 0.667. The maximum absolute atomic E-state index is 11.8. The summed E-state index contributed by atoms with van der Waals surface area (Å²) in [7, 11) is -3.15. The largest absolute Gasteiger partial charge is 0.314 e. The SMILES string of the molecule is O=S(=O)(CCCCNC1CC1)NCc1sccc1Br. The Morgan fingerprint density at radius 1 is 1.37 bits per heavy atom. The van der Waals surface area contributed by atoms with Gasteiger partial charge in [0.25, 0.3) is 0 Å². The monoisotopic (exact) mass is 366 g/mol. The van der Waals surface area contributed by atoms with Gasteiger partial charge in [0.1, 0.15) is 0 Å². The lowest BCUT2D eigenvalue weighted by atomic mass is 10.3. The predicted octanol–water partition coefficient (Wildman–Crippen LogP) is 2.46. The molecule has 0 bridgehead atoms. The fourth-order valence-electron chi connectivity index (χ4n) is 1.71. The van der Waals surface area contributed by atoms with Crippen molar-refractivity contribution in [3.63, 3.8) is 0 Å². The van der Waals surface area contributed by atoms with E-state index < -0.39 is 10.0 Å². The summed E-state index contributed by atoms with van der Waals surface area (Å²) >= 11 is 4.94. The molecule has 1 heterocycles. The minimum absolute atomic E-state index is 0.211. The summed E-state index contributed by atoms with van der Waals surface area (Å²) in [6.07, 6.45) is 4.17. The lowest BCUT2D eigenvalue weighted by Gasteiger charge is -2.06. The molecule has 2 N–H and O–H groups in total. The lowest BCUT2D eigenvalue weighted by molar-refractivity contribution is 0.573. The van der Waals surface area contributed by atoms with E-state index >= 15 is 0 Å². The van der Waals surface area contributed by atoms with E-state index in [-0.39, 0.29) is 5.75 Å². The Balaban J connectivity index is 1.62. The molecule has 0 atom stereocenters. The maximum Gasteiger partial charge on any atom is 0.211 e. The summed E-state index contributed by atoms with van der Waals surface area (Å²) in [6.45, 7) is 1.30. The standard InChI is InChI=1S/C12H19BrN2O2S2/c13-11-5-7-18-12(11)9-15-19(16,17)8-2-1-6-14-10-3-4-10/h5,7,10,14-15H,1-4,6,8-9H2. The Kier molecular flexibility index (Phi) is 5.83. The molecular formula is C12H19BrN2O2S2. The van der Waals surface area contributed by atoms with Crippen molar-refractivity contribution in [3.8, 4) is 0 Å². The molecule has 1 aliphatic carbocycles. The topological polar surface area (TPSA) is 58.2 Å². The van der Waals surface area contributed by atoms with Gasteiger partial charge in [-0.2, -0.15) is 0 Å². The molecule has 108 valence electrons. The zero-order valence-electron chi connectivity index (χ0n) is 10.7. The van der Waals surface area contributed by atoms with E-state index in [1.54, 1.807) is 11.3 Å². The van der Waals surface area contributed by atoms with Crippen LogP contribution in [0.3, 0.4) is 0 Å². The minimum atomic E-state index is -3.15. The van der Waals surface area contributed by atoms with Gasteiger partial charge in [-0.25, -0.2) is 13.1 Å². The van der Waals surface area contributed by atoms with Crippen LogP contribution in [-0.2, 0) is 16.6 Å². The number of unbranched alkanes of at least 4 members (excludes halogenated alkanes) is 1. The van der Waals surface area contributed by atoms with Crippen molar-refractivity contribution in [3.05, 3.63) is 20.8 Å². The zero-order chi connectivity index (χ0) is 13.7. The molecule has 4 nitrogen and oxygen atoms in total. The van der Waals surface area contributed by atoms with Crippen molar-refractivity contribution in [2.24, 2.45) is 0 Å². The van der Waals surface area contributed by atoms with Crippen LogP contribution in [-0.4, -0.2) is 26.8 Å². The first kappa shape index (κ1) is 15.4. The van der Waals surface area contributed by atoms with E-state index in [0.29, 0.717) is 19.0 Å². The average molecular weight is 367 g/mol. The summed E-state index contributed by atoms with van der Waals surface area (Å²) in [5.74, 6) is 0.211. The van der Waals surface area contributed by atoms with Crippen LogP contribution in [0.2, 0.25) is 0 Å². The first-order valence-electron chi connectivity index (χ1n) is 6.49. The number of nitrogens with one attached hydrogen (secondary N) is 2. The molecule has 0 unspecified atom stereocenters. The molecule has 19 heavy (non-hydrogen) atoms. The number of rotatable bonds is 9. The first-order chi connectivity index (χ1) is 9.07. The summed E-state index contributed by atoms with van der Waals surface area (Å²) in [6, 6.07) is 2.63. The van der Waals surface area contributed by atoms with Gasteiger partial charge >= 0.3 is 0 Å². The van der Waals surface area contributed by atoms with E-state index in [4.69, 9.17) is 0 Å². The smallest absolute Gasteiger partial charge is 0.211 e. The highest BCUT2D eigenvalue weighted by atomic mass is 79.9. The van der Waals surface area contributed by atoms with Crippen molar-refractivity contribution in [1.29, 1.82) is 0 Å². The molecule has 1 aromatic rings. The quantitative estimate of drug-likeness (QED) is 0.660. The Hall–Kier alpha value is 0.0500. The number of sulfonamides is 1. The lowest BCUT2D eigenvalue weighted by Crippen LogP contribution is -2.26. The molecular weight excluding hydrogens is 348 g/mol. The molecule has 0 saturated heterocycles. The van der Waals surface area contributed by atoms with E-state index in [0.717, 1.165) is 22.3 Å². The molecule has 0 aliphatic heterocycles. The van der Waals surface area contributed by atoms with Gasteiger partial charge < -0.3 is 5.32 Å². The number of hydrogen-bond donors (Lipinski definition) is 2. The molecule has 1 fully saturated rings. The summed E-state index contributed by atoms with van der Waals surface area (Å²) in [5.41, 5.74) is 0. The Bertz CT molecular complexity index is 498. The van der Waals surface area contributed by atoms with Gasteiger partial charge in [0, 0.05) is 21.9 Å². The van der Waals surface area contributed by atoms with Gasteiger partial charge in [0.05, 0.1) is 5.75 Å². The van der Waals surface area contributed by atoms with Gasteiger partial charge in [0.2, 0.25) is 10.0 Å². The highest BCUT2D eigenvalue weighted by Crippen LogP contribution is 2.22. The van der Waals surface area contributed by atoms with Crippen LogP contribution >= 0.6 is 27.3 Å². The average Bonchev–Trinajstić information content (AvgIpc) is 3.08. The highest BCUT2D eigenvalue weighted by Gasteiger charge is 2.19.